The van der Waals surface area contributed by atoms with E-state index >= 15 is 0 Å². The van der Waals surface area contributed by atoms with Crippen LogP contribution in [0.5, 0.6) is 0 Å². The minimum atomic E-state index is -5.20. The Kier molecular flexibility index (Phi) is 7.93. The maximum absolute atomic E-state index is 13.3. The van der Waals surface area contributed by atoms with Crippen molar-refractivity contribution in [1.82, 2.24) is 0 Å². The Morgan fingerprint density at radius 1 is 0.824 bits per heavy atom. The van der Waals surface area contributed by atoms with Gasteiger partial charge in [-0.05, 0) is 48.1 Å². The summed E-state index contributed by atoms with van der Waals surface area (Å²) in [6.45, 7) is 9.25. The number of carbonyl (C=O) groups is 2. The summed E-state index contributed by atoms with van der Waals surface area (Å²) in [5.41, 5.74) is -3.68. The summed E-state index contributed by atoms with van der Waals surface area (Å²) in [5.74, 6) is -1.47. The highest BCUT2D eigenvalue weighted by Gasteiger charge is 2.42. The SMILES string of the molecule is Cc1cc(C(C)(C)C)cc(C)c1C(=O)[PH](=O)CCC(=O)c1c(C(F)(F)F)cccc1C(F)(F)F. The molecule has 0 aliphatic carbocycles. The zero-order chi connectivity index (χ0) is 26.2. The topological polar surface area (TPSA) is 51.2 Å². The number of aryl methyl sites for hydroxylation is 2. The van der Waals surface area contributed by atoms with Crippen LogP contribution in [-0.4, -0.2) is 17.5 Å². The van der Waals surface area contributed by atoms with E-state index in [1.54, 1.807) is 26.0 Å². The smallest absolute Gasteiger partial charge is 0.318 e. The predicted molar refractivity (Wildman–Crippen MR) is 118 cm³/mol. The molecule has 1 atom stereocenters. The highest BCUT2D eigenvalue weighted by molar-refractivity contribution is 7.64. The van der Waals surface area contributed by atoms with Crippen molar-refractivity contribution in [2.24, 2.45) is 0 Å². The van der Waals surface area contributed by atoms with Crippen molar-refractivity contribution in [2.45, 2.75) is 58.8 Å². The zero-order valence-electron chi connectivity index (χ0n) is 19.3. The molecule has 10 heteroatoms. The average Bonchev–Trinajstić information content (AvgIpc) is 2.68. The van der Waals surface area contributed by atoms with E-state index in [0.29, 0.717) is 29.3 Å². The van der Waals surface area contributed by atoms with Crippen LogP contribution in [0.15, 0.2) is 30.3 Å². The van der Waals surface area contributed by atoms with Gasteiger partial charge in [0.2, 0.25) is 5.52 Å². The number of halogens is 6. The Morgan fingerprint density at radius 3 is 1.65 bits per heavy atom. The minimum Gasteiger partial charge on any atom is -0.318 e. The molecule has 0 spiro atoms. The molecule has 3 nitrogen and oxygen atoms in total. The lowest BCUT2D eigenvalue weighted by Crippen LogP contribution is -2.20. The molecule has 0 saturated heterocycles. The standard InChI is InChI=1S/C24H25F6O3P/c1-13-11-15(22(3,4)5)12-14(2)19(13)21(32)34(33)10-9-18(31)20-16(23(25,26)27)7-6-8-17(20)24(28,29)30/h6-8,11-12,34H,9-10H2,1-5H3. The van der Waals surface area contributed by atoms with Crippen molar-refractivity contribution in [3.05, 3.63) is 69.3 Å². The molecule has 1 unspecified atom stereocenters. The van der Waals surface area contributed by atoms with E-state index in [0.717, 1.165) is 5.56 Å². The summed E-state index contributed by atoms with van der Waals surface area (Å²) >= 11 is 0. The molecule has 0 fully saturated rings. The van der Waals surface area contributed by atoms with Gasteiger partial charge in [0.1, 0.15) is 7.80 Å². The zero-order valence-corrected chi connectivity index (χ0v) is 20.3. The molecule has 0 radical (unpaired) electrons. The molecule has 0 aliphatic heterocycles. The Morgan fingerprint density at radius 2 is 1.26 bits per heavy atom. The van der Waals surface area contributed by atoms with Crippen molar-refractivity contribution in [1.29, 1.82) is 0 Å². The van der Waals surface area contributed by atoms with Gasteiger partial charge in [-0.3, -0.25) is 9.59 Å². The quantitative estimate of drug-likeness (QED) is 0.230. The number of Topliss-reactive ketones (excluding diaryl/α,β-unsaturated/α-hetero) is 1. The van der Waals surface area contributed by atoms with Crippen molar-refractivity contribution < 1.29 is 40.5 Å². The molecular weight excluding hydrogens is 481 g/mol. The van der Waals surface area contributed by atoms with Gasteiger partial charge in [0, 0.05) is 23.7 Å². The first kappa shape index (κ1) is 27.8. The Bertz CT molecular complexity index is 1090. The van der Waals surface area contributed by atoms with Gasteiger partial charge < -0.3 is 4.57 Å². The first-order chi connectivity index (χ1) is 15.4. The van der Waals surface area contributed by atoms with E-state index in [1.807, 2.05) is 20.8 Å². The summed E-state index contributed by atoms with van der Waals surface area (Å²) in [5, 5.41) is 0. The lowest BCUT2D eigenvalue weighted by atomic mass is 9.84. The number of benzene rings is 2. The number of hydrogen-bond acceptors (Lipinski definition) is 3. The highest BCUT2D eigenvalue weighted by atomic mass is 31.1. The molecule has 2 aromatic carbocycles. The predicted octanol–water partition coefficient (Wildman–Crippen LogP) is 7.61. The summed E-state index contributed by atoms with van der Waals surface area (Å²) in [6, 6.07) is 4.90. The Balaban J connectivity index is 2.33. The normalized spacial score (nSPS) is 13.6. The van der Waals surface area contributed by atoms with E-state index in [9.17, 15) is 40.5 Å². The molecule has 0 saturated carbocycles. The van der Waals surface area contributed by atoms with Crippen molar-refractivity contribution in [2.75, 3.05) is 6.16 Å². The molecule has 0 heterocycles. The third-order valence-corrected chi connectivity index (χ3v) is 6.87. The summed E-state index contributed by atoms with van der Waals surface area (Å²) in [7, 11) is -3.18. The van der Waals surface area contributed by atoms with Crippen molar-refractivity contribution in [3.63, 3.8) is 0 Å². The van der Waals surface area contributed by atoms with Gasteiger partial charge in [-0.2, -0.15) is 26.3 Å². The molecule has 0 N–H and O–H groups in total. The third kappa shape index (κ3) is 6.17. The molecule has 2 rings (SSSR count). The van der Waals surface area contributed by atoms with Gasteiger partial charge in [0.15, 0.2) is 5.78 Å². The van der Waals surface area contributed by atoms with E-state index in [-0.39, 0.29) is 11.0 Å². The van der Waals surface area contributed by atoms with Gasteiger partial charge in [-0.15, -0.1) is 0 Å². The second kappa shape index (κ2) is 9.68. The summed E-state index contributed by atoms with van der Waals surface area (Å²) in [6.07, 6.45) is -11.9. The molecule has 34 heavy (non-hydrogen) atoms. The van der Waals surface area contributed by atoms with Gasteiger partial charge in [-0.25, -0.2) is 0 Å². The van der Waals surface area contributed by atoms with E-state index in [2.05, 4.69) is 0 Å². The molecule has 0 aliphatic rings. The Labute approximate surface area is 194 Å². The van der Waals surface area contributed by atoms with Crippen LogP contribution < -0.4 is 0 Å². The van der Waals surface area contributed by atoms with Crippen LogP contribution >= 0.6 is 7.80 Å². The number of alkyl halides is 6. The molecule has 2 aromatic rings. The van der Waals surface area contributed by atoms with E-state index < -0.39 is 60.7 Å². The van der Waals surface area contributed by atoms with Crippen LogP contribution in [0, 0.1) is 13.8 Å². The van der Waals surface area contributed by atoms with Crippen LogP contribution in [0.2, 0.25) is 0 Å². The molecule has 0 amide bonds. The molecular formula is C24H25F6O3P. The fourth-order valence-corrected chi connectivity index (χ4v) is 5.04. The lowest BCUT2D eigenvalue weighted by Gasteiger charge is -2.22. The largest absolute Gasteiger partial charge is 0.417 e. The third-order valence-electron chi connectivity index (χ3n) is 5.41. The number of hydrogen-bond donors (Lipinski definition) is 0. The first-order valence-corrected chi connectivity index (χ1v) is 12.0. The maximum atomic E-state index is 13.3. The number of ketones is 1. The van der Waals surface area contributed by atoms with Crippen LogP contribution in [0.3, 0.4) is 0 Å². The average molecular weight is 506 g/mol. The molecule has 186 valence electrons. The van der Waals surface area contributed by atoms with Gasteiger partial charge >= 0.3 is 12.4 Å². The van der Waals surface area contributed by atoms with Gasteiger partial charge in [-0.1, -0.05) is 39.0 Å². The van der Waals surface area contributed by atoms with Crippen LogP contribution in [-0.2, 0) is 22.3 Å². The van der Waals surface area contributed by atoms with Crippen molar-refractivity contribution >= 4 is 19.1 Å². The van der Waals surface area contributed by atoms with Gasteiger partial charge in [0.05, 0.1) is 11.1 Å². The lowest BCUT2D eigenvalue weighted by molar-refractivity contribution is -0.143. The monoisotopic (exact) mass is 506 g/mol. The fourth-order valence-electron chi connectivity index (χ4n) is 3.68. The minimum absolute atomic E-state index is 0.191. The molecule has 0 aromatic heterocycles. The van der Waals surface area contributed by atoms with E-state index in [1.165, 1.54) is 0 Å². The summed E-state index contributed by atoms with van der Waals surface area (Å²) < 4.78 is 92.5. The first-order valence-electron chi connectivity index (χ1n) is 10.4. The van der Waals surface area contributed by atoms with Crippen LogP contribution in [0.4, 0.5) is 26.3 Å². The van der Waals surface area contributed by atoms with Crippen molar-refractivity contribution in [3.8, 4) is 0 Å². The number of rotatable bonds is 6. The molecule has 0 bridgehead atoms. The maximum Gasteiger partial charge on any atom is 0.417 e. The highest BCUT2D eigenvalue weighted by Crippen LogP contribution is 2.41. The van der Waals surface area contributed by atoms with Gasteiger partial charge in [0.25, 0.3) is 0 Å². The van der Waals surface area contributed by atoms with E-state index in [4.69, 9.17) is 0 Å². The number of carbonyl (C=O) groups excluding carboxylic acids is 2. The van der Waals surface area contributed by atoms with Crippen LogP contribution in [0.1, 0.15) is 75.7 Å². The Hall–Kier alpha value is -2.41. The fraction of sp³-hybridized carbons (Fsp3) is 0.417. The second-order valence-electron chi connectivity index (χ2n) is 9.13. The van der Waals surface area contributed by atoms with Crippen LogP contribution in [0.25, 0.3) is 0 Å². The second-order valence-corrected chi connectivity index (χ2v) is 10.9. The summed E-state index contributed by atoms with van der Waals surface area (Å²) in [4.78, 5) is 25.3.